The molecule has 0 heterocycles. The van der Waals surface area contributed by atoms with Gasteiger partial charge in [0.15, 0.2) is 0 Å². The van der Waals surface area contributed by atoms with Gasteiger partial charge in [0.25, 0.3) is 0 Å². The van der Waals surface area contributed by atoms with E-state index in [1.807, 2.05) is 0 Å². The fourth-order valence-electron chi connectivity index (χ4n) is 9.58. The van der Waals surface area contributed by atoms with Crippen molar-refractivity contribution < 1.29 is 0 Å². The van der Waals surface area contributed by atoms with Gasteiger partial charge in [0.1, 0.15) is 0 Å². The van der Waals surface area contributed by atoms with E-state index in [2.05, 4.69) is 231 Å². The molecule has 0 amide bonds. The van der Waals surface area contributed by atoms with Gasteiger partial charge in [-0.15, -0.1) is 0 Å². The topological polar surface area (TPSA) is 3.24 Å². The Balaban J connectivity index is 1.08. The van der Waals surface area contributed by atoms with Crippen molar-refractivity contribution in [2.24, 2.45) is 0 Å². The minimum Gasteiger partial charge on any atom is -0.310 e. The third-order valence-electron chi connectivity index (χ3n) is 12.5. The molecule has 11 rings (SSSR count). The van der Waals surface area contributed by atoms with E-state index in [-0.39, 0.29) is 5.41 Å². The Labute approximate surface area is 340 Å². The maximum absolute atomic E-state index is 2.43. The number of hydrogen-bond donors (Lipinski definition) is 0. The molecule has 0 unspecified atom stereocenters. The normalized spacial score (nSPS) is 12.8. The molecule has 1 heteroatoms. The molecule has 58 heavy (non-hydrogen) atoms. The van der Waals surface area contributed by atoms with Crippen LogP contribution in [0.3, 0.4) is 0 Å². The van der Waals surface area contributed by atoms with Crippen LogP contribution in [0, 0.1) is 0 Å². The Kier molecular flexibility index (Phi) is 7.91. The van der Waals surface area contributed by atoms with Crippen LogP contribution in [0.2, 0.25) is 0 Å². The molecule has 0 fully saturated rings. The largest absolute Gasteiger partial charge is 0.310 e. The summed E-state index contributed by atoms with van der Waals surface area (Å²) in [4.78, 5) is 2.43. The molecular weight excluding hydrogens is 699 g/mol. The zero-order valence-electron chi connectivity index (χ0n) is 32.7. The van der Waals surface area contributed by atoms with Gasteiger partial charge in [-0.25, -0.2) is 0 Å². The third kappa shape index (κ3) is 5.46. The molecule has 10 aromatic carbocycles. The minimum absolute atomic E-state index is 0.0584. The maximum Gasteiger partial charge on any atom is 0.0540 e. The number of anilines is 3. The molecule has 0 N–H and O–H groups in total. The van der Waals surface area contributed by atoms with Crippen molar-refractivity contribution in [3.05, 3.63) is 223 Å². The first-order chi connectivity index (χ1) is 28.5. The predicted octanol–water partition coefficient (Wildman–Crippen LogP) is 15.9. The highest BCUT2D eigenvalue weighted by molar-refractivity contribution is 6.04. The molecule has 0 bridgehead atoms. The molecule has 274 valence electrons. The fourth-order valence-corrected chi connectivity index (χ4v) is 9.58. The van der Waals surface area contributed by atoms with Crippen LogP contribution < -0.4 is 4.90 Å². The molecular formula is C57H41N. The molecule has 0 aliphatic heterocycles. The highest BCUT2D eigenvalue weighted by Crippen LogP contribution is 2.52. The standard InChI is InChI=1S/C57H41N/c1-57(2)53-24-8-7-20-51(53)56-50(23-12-25-54(56)57)43-28-27-40-17-11-26-55(52(40)37-43)58(44-33-29-41(30-34-44)48-21-9-15-38-13-3-5-18-46(38)48)45-35-31-42(32-36-45)49-22-10-16-39-14-4-6-19-47(39)49/h3-37H,1-2H3. The smallest absolute Gasteiger partial charge is 0.0540 e. The lowest BCUT2D eigenvalue weighted by Gasteiger charge is -2.27. The first-order valence-corrected chi connectivity index (χ1v) is 20.3. The lowest BCUT2D eigenvalue weighted by molar-refractivity contribution is 0.660. The van der Waals surface area contributed by atoms with Crippen LogP contribution in [0.1, 0.15) is 25.0 Å². The Bertz CT molecular complexity index is 3050. The number of hydrogen-bond acceptors (Lipinski definition) is 1. The van der Waals surface area contributed by atoms with Crippen molar-refractivity contribution in [2.45, 2.75) is 19.3 Å². The van der Waals surface area contributed by atoms with Gasteiger partial charge in [0.05, 0.1) is 5.69 Å². The molecule has 1 nitrogen and oxygen atoms in total. The summed E-state index contributed by atoms with van der Waals surface area (Å²) in [5, 5.41) is 7.44. The second kappa shape index (κ2) is 13.5. The van der Waals surface area contributed by atoms with Crippen molar-refractivity contribution in [1.29, 1.82) is 0 Å². The van der Waals surface area contributed by atoms with Crippen molar-refractivity contribution >= 4 is 49.4 Å². The van der Waals surface area contributed by atoms with Crippen LogP contribution in [-0.2, 0) is 5.41 Å². The molecule has 10 aromatic rings. The van der Waals surface area contributed by atoms with Crippen LogP contribution in [0.5, 0.6) is 0 Å². The van der Waals surface area contributed by atoms with E-state index < -0.39 is 0 Å². The summed E-state index contributed by atoms with van der Waals surface area (Å²) in [6.45, 7) is 4.71. The van der Waals surface area contributed by atoms with Crippen LogP contribution in [0.15, 0.2) is 212 Å². The Morgan fingerprint density at radius 3 is 1.41 bits per heavy atom. The van der Waals surface area contributed by atoms with Crippen molar-refractivity contribution in [1.82, 2.24) is 0 Å². The average Bonchev–Trinajstić information content (AvgIpc) is 3.52. The van der Waals surface area contributed by atoms with Crippen LogP contribution in [0.25, 0.3) is 76.8 Å². The van der Waals surface area contributed by atoms with E-state index in [0.717, 1.165) is 17.1 Å². The van der Waals surface area contributed by atoms with Crippen molar-refractivity contribution in [3.63, 3.8) is 0 Å². The summed E-state index contributed by atoms with van der Waals surface area (Å²) in [6, 6.07) is 78.2. The lowest BCUT2D eigenvalue weighted by atomic mass is 9.82. The van der Waals surface area contributed by atoms with E-state index in [0.29, 0.717) is 0 Å². The van der Waals surface area contributed by atoms with Gasteiger partial charge >= 0.3 is 0 Å². The highest BCUT2D eigenvalue weighted by atomic mass is 15.1. The number of nitrogens with zero attached hydrogens (tertiary/aromatic N) is 1. The Morgan fingerprint density at radius 1 is 0.328 bits per heavy atom. The van der Waals surface area contributed by atoms with E-state index in [9.17, 15) is 0 Å². The fraction of sp³-hybridized carbons (Fsp3) is 0.0526. The monoisotopic (exact) mass is 739 g/mol. The number of rotatable bonds is 6. The molecule has 1 aliphatic carbocycles. The van der Waals surface area contributed by atoms with Crippen LogP contribution >= 0.6 is 0 Å². The van der Waals surface area contributed by atoms with Gasteiger partial charge in [0, 0.05) is 22.2 Å². The summed E-state index contributed by atoms with van der Waals surface area (Å²) in [7, 11) is 0. The molecule has 0 radical (unpaired) electrons. The summed E-state index contributed by atoms with van der Waals surface area (Å²) < 4.78 is 0. The quantitative estimate of drug-likeness (QED) is 0.164. The van der Waals surface area contributed by atoms with Crippen molar-refractivity contribution in [2.75, 3.05) is 4.90 Å². The molecule has 1 aliphatic rings. The van der Waals surface area contributed by atoms with Gasteiger partial charge in [-0.1, -0.05) is 190 Å². The second-order valence-corrected chi connectivity index (χ2v) is 16.1. The maximum atomic E-state index is 2.43. The van der Waals surface area contributed by atoms with Gasteiger partial charge in [-0.3, -0.25) is 0 Å². The molecule has 0 saturated heterocycles. The summed E-state index contributed by atoms with van der Waals surface area (Å²) in [5.41, 5.74) is 16.2. The highest BCUT2D eigenvalue weighted by Gasteiger charge is 2.36. The summed E-state index contributed by atoms with van der Waals surface area (Å²) >= 11 is 0. The van der Waals surface area contributed by atoms with E-state index >= 15 is 0 Å². The molecule has 0 saturated carbocycles. The van der Waals surface area contributed by atoms with Gasteiger partial charge < -0.3 is 4.90 Å². The summed E-state index contributed by atoms with van der Waals surface area (Å²) in [5.74, 6) is 0. The first kappa shape index (κ1) is 34.1. The zero-order chi connectivity index (χ0) is 38.8. The first-order valence-electron chi connectivity index (χ1n) is 20.3. The van der Waals surface area contributed by atoms with Gasteiger partial charge in [-0.05, 0) is 119 Å². The Hall–Kier alpha value is -7.22. The van der Waals surface area contributed by atoms with E-state index in [1.165, 1.54) is 88.0 Å². The van der Waals surface area contributed by atoms with Crippen molar-refractivity contribution in [3.8, 4) is 44.5 Å². The second-order valence-electron chi connectivity index (χ2n) is 16.1. The molecule has 0 spiro atoms. The summed E-state index contributed by atoms with van der Waals surface area (Å²) in [6.07, 6.45) is 0. The zero-order valence-corrected chi connectivity index (χ0v) is 32.7. The molecule has 0 atom stereocenters. The van der Waals surface area contributed by atoms with Crippen LogP contribution in [0.4, 0.5) is 17.1 Å². The minimum atomic E-state index is -0.0584. The van der Waals surface area contributed by atoms with Crippen LogP contribution in [-0.4, -0.2) is 0 Å². The van der Waals surface area contributed by atoms with Gasteiger partial charge in [0.2, 0.25) is 0 Å². The number of benzene rings is 10. The molecule has 0 aromatic heterocycles. The number of fused-ring (bicyclic) bond motifs is 6. The third-order valence-corrected chi connectivity index (χ3v) is 12.5. The average molecular weight is 740 g/mol. The van der Waals surface area contributed by atoms with E-state index in [4.69, 9.17) is 0 Å². The predicted molar refractivity (Wildman–Crippen MR) is 248 cm³/mol. The van der Waals surface area contributed by atoms with Gasteiger partial charge in [-0.2, -0.15) is 0 Å². The van der Waals surface area contributed by atoms with E-state index in [1.54, 1.807) is 0 Å². The SMILES string of the molecule is CC1(C)c2ccccc2-c2c(-c3ccc4cccc(N(c5ccc(-c6cccc7ccccc67)cc5)c5ccc(-c6cccc7ccccc67)cc5)c4c3)cccc21. The lowest BCUT2D eigenvalue weighted by Crippen LogP contribution is -2.14. The Morgan fingerprint density at radius 2 is 0.776 bits per heavy atom.